The Morgan fingerprint density at radius 3 is 2.61 bits per heavy atom. The number of benzene rings is 2. The van der Waals surface area contributed by atoms with Crippen LogP contribution < -0.4 is 15.4 Å². The summed E-state index contributed by atoms with van der Waals surface area (Å²) in [4.78, 5) is 23.4. The summed E-state index contributed by atoms with van der Waals surface area (Å²) in [5, 5.41) is 6.30. The monoisotopic (exact) mass is 484 g/mol. The average Bonchev–Trinajstić information content (AvgIpc) is 3.10. The summed E-state index contributed by atoms with van der Waals surface area (Å²) in [6.07, 6.45) is 2.78. The molecule has 2 aromatic heterocycles. The Kier molecular flexibility index (Phi) is 6.36. The van der Waals surface area contributed by atoms with Gasteiger partial charge in [0.2, 0.25) is 11.9 Å². The number of carbonyl (C=O) groups excluding carboxylic acids is 1. The van der Waals surface area contributed by atoms with Gasteiger partial charge in [0.05, 0.1) is 17.6 Å². The molecule has 1 saturated heterocycles. The van der Waals surface area contributed by atoms with Crippen LogP contribution in [0.15, 0.2) is 60.8 Å². The zero-order valence-electron chi connectivity index (χ0n) is 21.2. The average molecular weight is 485 g/mol. The third kappa shape index (κ3) is 5.33. The van der Waals surface area contributed by atoms with Crippen LogP contribution in [0, 0.1) is 0 Å². The summed E-state index contributed by atoms with van der Waals surface area (Å²) < 4.78 is 8.10. The second-order valence-electron chi connectivity index (χ2n) is 10.3. The minimum absolute atomic E-state index is 0.0673. The van der Waals surface area contributed by atoms with Crippen LogP contribution in [-0.4, -0.2) is 45.0 Å². The van der Waals surface area contributed by atoms with Crippen LogP contribution in [-0.2, 0) is 17.3 Å². The smallest absolute Gasteiger partial charge is 0.239 e. The van der Waals surface area contributed by atoms with Crippen molar-refractivity contribution < 1.29 is 9.53 Å². The van der Waals surface area contributed by atoms with Crippen LogP contribution >= 0.6 is 0 Å². The molecule has 8 nitrogen and oxygen atoms in total. The Bertz CT molecular complexity index is 1400. The number of nitrogens with one attached hydrogen (secondary N) is 2. The summed E-state index contributed by atoms with van der Waals surface area (Å²) in [6.45, 7) is 8.95. The predicted octanol–water partition coefficient (Wildman–Crippen LogP) is 5.45. The molecule has 36 heavy (non-hydrogen) atoms. The van der Waals surface area contributed by atoms with Gasteiger partial charge in [0, 0.05) is 31.1 Å². The zero-order chi connectivity index (χ0) is 25.3. The number of rotatable bonds is 7. The molecule has 0 unspecified atom stereocenters. The number of amides is 1. The van der Waals surface area contributed by atoms with Crippen molar-refractivity contribution in [3.63, 3.8) is 0 Å². The van der Waals surface area contributed by atoms with Crippen LogP contribution in [0.25, 0.3) is 11.0 Å². The lowest BCUT2D eigenvalue weighted by Crippen LogP contribution is -2.42. The molecule has 0 atom stereocenters. The lowest BCUT2D eigenvalue weighted by molar-refractivity contribution is -0.118. The first-order valence-electron chi connectivity index (χ1n) is 12.2. The van der Waals surface area contributed by atoms with Gasteiger partial charge >= 0.3 is 0 Å². The highest BCUT2D eigenvalue weighted by molar-refractivity contribution is 5.91. The minimum Gasteiger partial charge on any atom is -0.457 e. The van der Waals surface area contributed by atoms with Gasteiger partial charge in [-0.3, -0.25) is 9.69 Å². The van der Waals surface area contributed by atoms with Crippen molar-refractivity contribution in [3.05, 3.63) is 66.4 Å². The van der Waals surface area contributed by atoms with Crippen LogP contribution in [0.4, 0.5) is 17.5 Å². The molecule has 1 aliphatic heterocycles. The molecule has 0 radical (unpaired) electrons. The number of ether oxygens (including phenoxy) is 1. The van der Waals surface area contributed by atoms with Gasteiger partial charge in [0.1, 0.15) is 17.3 Å². The maximum absolute atomic E-state index is 12.2. The molecule has 186 valence electrons. The normalized spacial score (nSPS) is 13.9. The van der Waals surface area contributed by atoms with Crippen molar-refractivity contribution in [1.29, 1.82) is 0 Å². The van der Waals surface area contributed by atoms with E-state index in [1.807, 2.05) is 35.9 Å². The van der Waals surface area contributed by atoms with E-state index in [1.54, 1.807) is 18.3 Å². The molecule has 5 rings (SSSR count). The molecule has 1 aliphatic rings. The van der Waals surface area contributed by atoms with Crippen LogP contribution in [0.2, 0.25) is 0 Å². The van der Waals surface area contributed by atoms with Gasteiger partial charge in [-0.2, -0.15) is 0 Å². The molecular weight excluding hydrogens is 452 g/mol. The van der Waals surface area contributed by atoms with Crippen LogP contribution in [0.5, 0.6) is 11.5 Å². The van der Waals surface area contributed by atoms with Gasteiger partial charge in [-0.15, -0.1) is 0 Å². The first-order valence-corrected chi connectivity index (χ1v) is 12.2. The molecule has 3 heterocycles. The SMILES string of the molecule is Cn1c(Nc2cccc(C(C)(C)C)c2)nc2cc(Oc3ccnc(NC(=O)CN4CCC4)c3)ccc21. The van der Waals surface area contributed by atoms with Crippen molar-refractivity contribution in [2.75, 3.05) is 30.3 Å². The summed E-state index contributed by atoms with van der Waals surface area (Å²) in [5.41, 5.74) is 4.14. The van der Waals surface area contributed by atoms with E-state index in [2.05, 4.69) is 59.5 Å². The van der Waals surface area contributed by atoms with Gasteiger partial charge in [-0.25, -0.2) is 9.97 Å². The number of aryl methyl sites for hydroxylation is 1. The lowest BCUT2D eigenvalue weighted by atomic mass is 9.87. The highest BCUT2D eigenvalue weighted by atomic mass is 16.5. The van der Waals surface area contributed by atoms with E-state index in [0.29, 0.717) is 23.9 Å². The minimum atomic E-state index is -0.0673. The second kappa shape index (κ2) is 9.62. The van der Waals surface area contributed by atoms with E-state index in [0.717, 1.165) is 42.2 Å². The van der Waals surface area contributed by atoms with Gasteiger partial charge in [0.25, 0.3) is 0 Å². The van der Waals surface area contributed by atoms with Crippen molar-refractivity contribution >= 4 is 34.4 Å². The van der Waals surface area contributed by atoms with Crippen LogP contribution in [0.3, 0.4) is 0 Å². The molecule has 1 amide bonds. The number of aromatic nitrogens is 3. The Hall–Kier alpha value is -3.91. The van der Waals surface area contributed by atoms with Crippen LogP contribution in [0.1, 0.15) is 32.8 Å². The number of hydrogen-bond acceptors (Lipinski definition) is 6. The maximum Gasteiger partial charge on any atom is 0.239 e. The van der Waals surface area contributed by atoms with E-state index in [9.17, 15) is 4.79 Å². The number of carbonyl (C=O) groups is 1. The fourth-order valence-corrected chi connectivity index (χ4v) is 4.15. The molecule has 1 fully saturated rings. The highest BCUT2D eigenvalue weighted by Crippen LogP contribution is 2.30. The van der Waals surface area contributed by atoms with E-state index in [-0.39, 0.29) is 11.3 Å². The number of pyridine rings is 1. The molecule has 0 saturated carbocycles. The van der Waals surface area contributed by atoms with Gasteiger partial charge in [0.15, 0.2) is 0 Å². The number of imidazole rings is 1. The van der Waals surface area contributed by atoms with Gasteiger partial charge in [-0.05, 0) is 60.8 Å². The fraction of sp³-hybridized carbons (Fsp3) is 0.321. The second-order valence-corrected chi connectivity index (χ2v) is 10.3. The van der Waals surface area contributed by atoms with Crippen molar-refractivity contribution in [2.45, 2.75) is 32.6 Å². The number of nitrogens with zero attached hydrogens (tertiary/aromatic N) is 4. The number of anilines is 3. The Labute approximate surface area is 211 Å². The highest BCUT2D eigenvalue weighted by Gasteiger charge is 2.18. The number of likely N-dealkylation sites (tertiary alicyclic amines) is 1. The van der Waals surface area contributed by atoms with Crippen molar-refractivity contribution in [2.24, 2.45) is 7.05 Å². The molecule has 0 aliphatic carbocycles. The van der Waals surface area contributed by atoms with Crippen molar-refractivity contribution in [3.8, 4) is 11.5 Å². The summed E-state index contributed by atoms with van der Waals surface area (Å²) in [5.74, 6) is 2.41. The van der Waals surface area contributed by atoms with E-state index in [1.165, 1.54) is 5.56 Å². The Morgan fingerprint density at radius 1 is 1.06 bits per heavy atom. The number of fused-ring (bicyclic) bond motifs is 1. The van der Waals surface area contributed by atoms with E-state index >= 15 is 0 Å². The van der Waals surface area contributed by atoms with E-state index in [4.69, 9.17) is 9.72 Å². The molecule has 0 spiro atoms. The third-order valence-corrected chi connectivity index (χ3v) is 6.39. The number of hydrogen-bond donors (Lipinski definition) is 2. The zero-order valence-corrected chi connectivity index (χ0v) is 21.2. The lowest BCUT2D eigenvalue weighted by Gasteiger charge is -2.29. The van der Waals surface area contributed by atoms with Gasteiger partial charge in [-0.1, -0.05) is 32.9 Å². The van der Waals surface area contributed by atoms with Crippen molar-refractivity contribution in [1.82, 2.24) is 19.4 Å². The first-order chi connectivity index (χ1) is 17.2. The molecular formula is C28H32N6O2. The Balaban J connectivity index is 1.30. The quantitative estimate of drug-likeness (QED) is 0.363. The largest absolute Gasteiger partial charge is 0.457 e. The summed E-state index contributed by atoms with van der Waals surface area (Å²) in [7, 11) is 1.99. The van der Waals surface area contributed by atoms with E-state index < -0.39 is 0 Å². The molecule has 8 heteroatoms. The molecule has 0 bridgehead atoms. The summed E-state index contributed by atoms with van der Waals surface area (Å²) >= 11 is 0. The maximum atomic E-state index is 12.2. The molecule has 2 aromatic carbocycles. The third-order valence-electron chi connectivity index (χ3n) is 6.39. The van der Waals surface area contributed by atoms with Gasteiger partial charge < -0.3 is 19.9 Å². The first kappa shape index (κ1) is 23.8. The predicted molar refractivity (Wildman–Crippen MR) is 143 cm³/mol. The standard InChI is InChI=1S/C28H32N6O2/c1-28(2,3)19-7-5-8-20(15-19)30-27-31-23-16-21(9-10-24(23)33(27)4)36-22-11-12-29-25(17-22)32-26(35)18-34-13-6-14-34/h5,7-12,15-17H,6,13-14,18H2,1-4H3,(H,30,31)(H,29,32,35). The topological polar surface area (TPSA) is 84.3 Å². The fourth-order valence-electron chi connectivity index (χ4n) is 4.15. The summed E-state index contributed by atoms with van der Waals surface area (Å²) in [6, 6.07) is 17.7. The molecule has 2 N–H and O–H groups in total. The Morgan fingerprint density at radius 2 is 1.86 bits per heavy atom. The molecule has 4 aromatic rings.